The van der Waals surface area contributed by atoms with E-state index < -0.39 is 8.07 Å². The van der Waals surface area contributed by atoms with Crippen LogP contribution in [-0.2, 0) is 6.42 Å². The van der Waals surface area contributed by atoms with Crippen LogP contribution in [0.3, 0.4) is 0 Å². The predicted molar refractivity (Wildman–Crippen MR) is 260 cm³/mol. The van der Waals surface area contributed by atoms with E-state index in [1.807, 2.05) is 24.3 Å². The smallest absolute Gasteiger partial charge is 0.304 e. The first-order chi connectivity index (χ1) is 30.4. The topological polar surface area (TPSA) is 25.8 Å². The Morgan fingerprint density at radius 2 is 1.44 bits per heavy atom. The maximum Gasteiger partial charge on any atom is 0.304 e. The summed E-state index contributed by atoms with van der Waals surface area (Å²) in [5.74, 6) is 1.48. The molecule has 2 unspecified atom stereocenters. The van der Waals surface area contributed by atoms with Crippen LogP contribution in [0.25, 0.3) is 78.1 Å². The number of benzene rings is 6. The van der Waals surface area contributed by atoms with Crippen LogP contribution in [0.4, 0.5) is 4.39 Å². The Morgan fingerprint density at radius 3 is 2.19 bits per heavy atom. The van der Waals surface area contributed by atoms with E-state index in [9.17, 15) is 0 Å². The first-order valence-corrected chi connectivity index (χ1v) is 26.2. The molecule has 2 aliphatic rings. The SMILES string of the molecule is C=C1C2C(CCc3ccc4c(oc5cc(-c6ccccc6F)ccc54)c3-c3n1c1ccccc1[n+]3-c1c(C(C)C)cccc1C(C)C)c1ccccc1-c1ccc([Si](C)(C)C)c[n+]12. The molecule has 5 heterocycles. The Balaban J connectivity index is 1.30. The van der Waals surface area contributed by atoms with Crippen LogP contribution in [0.2, 0.25) is 19.6 Å². The fraction of sp³-hybridized carbons (Fsp3) is 0.228. The molecule has 3 aromatic heterocycles. The van der Waals surface area contributed by atoms with Crippen LogP contribution in [-0.4, -0.2) is 12.6 Å². The molecule has 0 saturated carbocycles. The number of furan rings is 1. The molecule has 0 spiro atoms. The van der Waals surface area contributed by atoms with E-state index in [1.54, 1.807) is 6.07 Å². The van der Waals surface area contributed by atoms with Gasteiger partial charge in [0.2, 0.25) is 11.7 Å². The first kappa shape index (κ1) is 39.5. The van der Waals surface area contributed by atoms with Gasteiger partial charge in [0.05, 0.1) is 14.0 Å². The van der Waals surface area contributed by atoms with Crippen molar-refractivity contribution < 1.29 is 17.9 Å². The maximum atomic E-state index is 15.3. The minimum absolute atomic E-state index is 0.0667. The molecular formula is C57H54FN3OSi+2. The van der Waals surface area contributed by atoms with E-state index in [-0.39, 0.29) is 29.6 Å². The van der Waals surface area contributed by atoms with Crippen molar-refractivity contribution in [3.63, 3.8) is 0 Å². The normalized spacial score (nSPS) is 16.1. The number of fused-ring (bicyclic) bond motifs is 15. The zero-order valence-corrected chi connectivity index (χ0v) is 38.3. The van der Waals surface area contributed by atoms with Gasteiger partial charge in [-0.05, 0) is 84.3 Å². The largest absolute Gasteiger partial charge is 0.455 e. The number of aryl methyl sites for hydroxylation is 1. The first-order valence-electron chi connectivity index (χ1n) is 22.7. The highest BCUT2D eigenvalue weighted by Gasteiger charge is 2.48. The molecule has 0 radical (unpaired) electrons. The number of imidazole rings is 1. The Labute approximate surface area is 370 Å². The molecule has 0 bridgehead atoms. The van der Waals surface area contributed by atoms with Gasteiger partial charge in [-0.2, -0.15) is 13.7 Å². The number of halogens is 1. The van der Waals surface area contributed by atoms with E-state index >= 15 is 4.39 Å². The molecule has 6 heteroatoms. The van der Waals surface area contributed by atoms with Gasteiger partial charge in [0, 0.05) is 44.3 Å². The van der Waals surface area contributed by atoms with Gasteiger partial charge < -0.3 is 4.42 Å². The van der Waals surface area contributed by atoms with Crippen molar-refractivity contribution in [1.82, 2.24) is 4.57 Å². The van der Waals surface area contributed by atoms with Gasteiger partial charge in [0.15, 0.2) is 28.5 Å². The van der Waals surface area contributed by atoms with Gasteiger partial charge in [0.1, 0.15) is 22.7 Å². The molecule has 2 aliphatic heterocycles. The number of pyridine rings is 1. The van der Waals surface area contributed by atoms with E-state index in [4.69, 9.17) is 11.0 Å². The van der Waals surface area contributed by atoms with Crippen molar-refractivity contribution >= 4 is 51.9 Å². The van der Waals surface area contributed by atoms with Crippen LogP contribution in [0.15, 0.2) is 151 Å². The number of allylic oxidation sites excluding steroid dienone is 1. The van der Waals surface area contributed by atoms with Crippen molar-refractivity contribution in [1.29, 1.82) is 0 Å². The van der Waals surface area contributed by atoms with Gasteiger partial charge >= 0.3 is 5.82 Å². The zero-order valence-electron chi connectivity index (χ0n) is 37.3. The van der Waals surface area contributed by atoms with Gasteiger partial charge in [0.25, 0.3) is 0 Å². The molecule has 4 nitrogen and oxygen atoms in total. The molecule has 11 rings (SSSR count). The van der Waals surface area contributed by atoms with Crippen molar-refractivity contribution in [3.05, 3.63) is 174 Å². The lowest BCUT2D eigenvalue weighted by Crippen LogP contribution is -2.53. The summed E-state index contributed by atoms with van der Waals surface area (Å²) in [6.45, 7) is 21.8. The van der Waals surface area contributed by atoms with Crippen LogP contribution < -0.4 is 14.3 Å². The highest BCUT2D eigenvalue weighted by molar-refractivity contribution is 6.88. The van der Waals surface area contributed by atoms with Crippen LogP contribution in [0.5, 0.6) is 0 Å². The van der Waals surface area contributed by atoms with Crippen LogP contribution >= 0.6 is 0 Å². The third-order valence-corrected chi connectivity index (χ3v) is 16.0. The molecule has 0 aliphatic carbocycles. The second kappa shape index (κ2) is 14.6. The second-order valence-electron chi connectivity index (χ2n) is 19.5. The van der Waals surface area contributed by atoms with Crippen molar-refractivity contribution in [2.75, 3.05) is 0 Å². The molecular weight excluding hydrogens is 790 g/mol. The number of para-hydroxylation sites is 3. The zero-order chi connectivity index (χ0) is 43.5. The van der Waals surface area contributed by atoms with Crippen molar-refractivity contribution in [2.24, 2.45) is 0 Å². The van der Waals surface area contributed by atoms with Gasteiger partial charge in [-0.25, -0.2) is 4.39 Å². The van der Waals surface area contributed by atoms with Crippen molar-refractivity contribution in [2.45, 2.75) is 84.0 Å². The molecule has 9 aromatic rings. The monoisotopic (exact) mass is 843 g/mol. The lowest BCUT2D eigenvalue weighted by molar-refractivity contribution is -0.704. The summed E-state index contributed by atoms with van der Waals surface area (Å²) < 4.78 is 30.1. The summed E-state index contributed by atoms with van der Waals surface area (Å²) >= 11 is 0. The average molecular weight is 844 g/mol. The lowest BCUT2D eigenvalue weighted by atomic mass is 9.78. The summed E-state index contributed by atoms with van der Waals surface area (Å²) in [6.07, 6.45) is 4.23. The molecule has 0 saturated heterocycles. The summed E-state index contributed by atoms with van der Waals surface area (Å²) in [7, 11) is -1.71. The molecule has 312 valence electrons. The molecule has 0 amide bonds. The van der Waals surface area contributed by atoms with Gasteiger partial charge in [-0.15, -0.1) is 0 Å². The Morgan fingerprint density at radius 1 is 0.746 bits per heavy atom. The van der Waals surface area contributed by atoms with E-state index in [0.29, 0.717) is 5.56 Å². The average Bonchev–Trinajstić information content (AvgIpc) is 3.83. The summed E-state index contributed by atoms with van der Waals surface area (Å²) in [5.41, 5.74) is 16.2. The number of nitrogens with zero attached hydrogens (tertiary/aromatic N) is 3. The molecule has 0 N–H and O–H groups in total. The fourth-order valence-corrected chi connectivity index (χ4v) is 12.0. The minimum Gasteiger partial charge on any atom is -0.455 e. The van der Waals surface area contributed by atoms with Gasteiger partial charge in [-0.3, -0.25) is 0 Å². The third kappa shape index (κ3) is 6.05. The molecule has 63 heavy (non-hydrogen) atoms. The number of hydrogen-bond donors (Lipinski definition) is 0. The number of hydrogen-bond acceptors (Lipinski definition) is 1. The standard InChI is InChI=1S/C57H54FN3OSi/c1-34(2)40-19-15-20-41(35(3)4)55(40)61-51-23-14-13-22-50(51)60-36(5)54-46(43-17-9-10-18-44(43)49-31-27-39(33-59(49)54)63(6,7)8)29-24-37-25-30-47-45-28-26-38(42-16-11-12-21-48(42)58)32-52(45)62-56(47)53(37)57(60)61/h9-23,25-28,30-35,46,54H,5,24,29H2,1-4,6-8H3/q+2. The quantitative estimate of drug-likeness (QED) is 0.125. The maximum absolute atomic E-state index is 15.3. The molecule has 2 atom stereocenters. The highest BCUT2D eigenvalue weighted by atomic mass is 28.3. The Kier molecular flexibility index (Phi) is 9.15. The van der Waals surface area contributed by atoms with Gasteiger partial charge in [-0.1, -0.05) is 138 Å². The van der Waals surface area contributed by atoms with E-state index in [2.05, 4.69) is 164 Å². The van der Waals surface area contributed by atoms with E-state index in [1.165, 1.54) is 50.5 Å². The summed E-state index contributed by atoms with van der Waals surface area (Å²) in [6, 6.07) is 47.2. The van der Waals surface area contributed by atoms with Crippen molar-refractivity contribution in [3.8, 4) is 39.5 Å². The number of rotatable bonds is 5. The summed E-state index contributed by atoms with van der Waals surface area (Å²) in [5, 5.41) is 3.48. The third-order valence-electron chi connectivity index (χ3n) is 14.0. The van der Waals surface area contributed by atoms with Crippen LogP contribution in [0.1, 0.15) is 80.2 Å². The molecule has 6 aromatic carbocycles. The Hall–Kier alpha value is -6.37. The second-order valence-corrected chi connectivity index (χ2v) is 24.6. The molecule has 0 fully saturated rings. The predicted octanol–water partition coefficient (Wildman–Crippen LogP) is 13.8. The number of aromatic nitrogens is 3. The summed E-state index contributed by atoms with van der Waals surface area (Å²) in [4.78, 5) is 0. The van der Waals surface area contributed by atoms with E-state index in [0.717, 1.165) is 68.5 Å². The fourth-order valence-electron chi connectivity index (χ4n) is 10.9. The minimum atomic E-state index is -1.71. The highest BCUT2D eigenvalue weighted by Crippen LogP contribution is 2.49. The van der Waals surface area contributed by atoms with Crippen LogP contribution in [0, 0.1) is 5.82 Å². The lowest BCUT2D eigenvalue weighted by Gasteiger charge is -2.31. The Bertz CT molecular complexity index is 3320.